The molecule has 17 heavy (non-hydrogen) atoms. The van der Waals surface area contributed by atoms with Crippen LogP contribution in [-0.4, -0.2) is 24.1 Å². The molecule has 94 valence electrons. The fourth-order valence-electron chi connectivity index (χ4n) is 2.16. The molecule has 0 aromatic heterocycles. The quantitative estimate of drug-likeness (QED) is 0.876. The van der Waals surface area contributed by atoms with Crippen molar-refractivity contribution in [1.29, 1.82) is 0 Å². The predicted molar refractivity (Wildman–Crippen MR) is 78.1 cm³/mol. The lowest BCUT2D eigenvalue weighted by Gasteiger charge is -2.16. The van der Waals surface area contributed by atoms with Gasteiger partial charge in [-0.1, -0.05) is 23.7 Å². The topological polar surface area (TPSA) is 12.0 Å². The van der Waals surface area contributed by atoms with Gasteiger partial charge in [-0.15, -0.1) is 0 Å². The number of nitrogens with one attached hydrogen (secondary N) is 1. The minimum Gasteiger partial charge on any atom is -0.314 e. The Kier molecular flexibility index (Phi) is 5.20. The van der Waals surface area contributed by atoms with E-state index in [4.69, 9.17) is 11.6 Å². The minimum absolute atomic E-state index is 0.543. The molecule has 1 aliphatic rings. The van der Waals surface area contributed by atoms with E-state index >= 15 is 0 Å². The Bertz CT molecular complexity index is 333. The molecule has 0 aliphatic carbocycles. The van der Waals surface area contributed by atoms with E-state index in [1.807, 2.05) is 12.1 Å². The van der Waals surface area contributed by atoms with Crippen molar-refractivity contribution in [2.75, 3.05) is 18.1 Å². The number of thioether (sulfide) groups is 1. The molecule has 0 bridgehead atoms. The van der Waals surface area contributed by atoms with Gasteiger partial charge < -0.3 is 5.32 Å². The second-order valence-electron chi connectivity index (χ2n) is 4.87. The van der Waals surface area contributed by atoms with Crippen LogP contribution in [0, 0.1) is 5.92 Å². The first-order valence-electron chi connectivity index (χ1n) is 6.29. The Hall–Kier alpha value is -0.180. The number of rotatable bonds is 5. The molecule has 1 N–H and O–H groups in total. The zero-order valence-corrected chi connectivity index (χ0v) is 11.9. The van der Waals surface area contributed by atoms with E-state index in [1.54, 1.807) is 0 Å². The average molecular weight is 270 g/mol. The molecule has 0 spiro atoms. The Balaban J connectivity index is 1.72. The van der Waals surface area contributed by atoms with Crippen LogP contribution in [0.25, 0.3) is 0 Å². The van der Waals surface area contributed by atoms with Crippen LogP contribution in [0.5, 0.6) is 0 Å². The third kappa shape index (κ3) is 4.53. The van der Waals surface area contributed by atoms with Gasteiger partial charge in [0.25, 0.3) is 0 Å². The lowest BCUT2D eigenvalue weighted by atomic mass is 10.1. The van der Waals surface area contributed by atoms with Crippen LogP contribution in [0.4, 0.5) is 0 Å². The predicted octanol–water partition coefficient (Wildman–Crippen LogP) is 3.61. The van der Waals surface area contributed by atoms with E-state index in [0.717, 1.165) is 17.4 Å². The van der Waals surface area contributed by atoms with Crippen LogP contribution in [0.15, 0.2) is 24.3 Å². The summed E-state index contributed by atoms with van der Waals surface area (Å²) in [6.07, 6.45) is 2.46. The first-order valence-corrected chi connectivity index (χ1v) is 7.83. The van der Waals surface area contributed by atoms with E-state index in [0.29, 0.717) is 6.04 Å². The first-order chi connectivity index (χ1) is 8.24. The third-order valence-corrected chi connectivity index (χ3v) is 4.72. The fraction of sp³-hybridized carbons (Fsp3) is 0.571. The van der Waals surface area contributed by atoms with Crippen molar-refractivity contribution in [3.63, 3.8) is 0 Å². The van der Waals surface area contributed by atoms with Crippen LogP contribution in [-0.2, 0) is 6.42 Å². The van der Waals surface area contributed by atoms with Crippen molar-refractivity contribution in [1.82, 2.24) is 5.32 Å². The van der Waals surface area contributed by atoms with Crippen molar-refractivity contribution in [2.24, 2.45) is 5.92 Å². The smallest absolute Gasteiger partial charge is 0.0406 e. The summed E-state index contributed by atoms with van der Waals surface area (Å²) in [4.78, 5) is 0. The third-order valence-electron chi connectivity index (χ3n) is 3.23. The average Bonchev–Trinajstić information content (AvgIpc) is 2.83. The van der Waals surface area contributed by atoms with Crippen LogP contribution >= 0.6 is 23.4 Å². The standard InChI is InChI=1S/C14H20ClNS/c1-11(16-9-13-6-7-17-10-13)8-12-2-4-14(15)5-3-12/h2-5,11,13,16H,6-10H2,1H3. The molecule has 1 fully saturated rings. The van der Waals surface area contributed by atoms with Crippen molar-refractivity contribution < 1.29 is 0 Å². The number of benzene rings is 1. The molecular formula is C14H20ClNS. The Morgan fingerprint density at radius 1 is 1.41 bits per heavy atom. The molecule has 1 aromatic carbocycles. The molecule has 2 rings (SSSR count). The lowest BCUT2D eigenvalue weighted by molar-refractivity contribution is 0.466. The fourth-order valence-corrected chi connectivity index (χ4v) is 3.57. The largest absolute Gasteiger partial charge is 0.314 e. The molecule has 2 atom stereocenters. The Morgan fingerprint density at radius 2 is 2.18 bits per heavy atom. The molecular weight excluding hydrogens is 250 g/mol. The normalized spacial score (nSPS) is 21.6. The molecule has 2 unspecified atom stereocenters. The van der Waals surface area contributed by atoms with Gasteiger partial charge in [-0.25, -0.2) is 0 Å². The highest BCUT2D eigenvalue weighted by molar-refractivity contribution is 7.99. The van der Waals surface area contributed by atoms with Gasteiger partial charge >= 0.3 is 0 Å². The van der Waals surface area contributed by atoms with E-state index in [2.05, 4.69) is 36.1 Å². The second-order valence-corrected chi connectivity index (χ2v) is 6.46. The monoisotopic (exact) mass is 269 g/mol. The molecule has 1 saturated heterocycles. The summed E-state index contributed by atoms with van der Waals surface area (Å²) in [5, 5.41) is 4.46. The molecule has 1 aromatic rings. The maximum absolute atomic E-state index is 5.88. The van der Waals surface area contributed by atoms with Gasteiger partial charge in [0.05, 0.1) is 0 Å². The van der Waals surface area contributed by atoms with Gasteiger partial charge in [0.15, 0.2) is 0 Å². The van der Waals surface area contributed by atoms with Gasteiger partial charge in [-0.05, 0) is 61.4 Å². The Morgan fingerprint density at radius 3 is 2.82 bits per heavy atom. The maximum Gasteiger partial charge on any atom is 0.0406 e. The van der Waals surface area contributed by atoms with E-state index < -0.39 is 0 Å². The summed E-state index contributed by atoms with van der Waals surface area (Å²) < 4.78 is 0. The molecule has 1 aliphatic heterocycles. The van der Waals surface area contributed by atoms with Crippen molar-refractivity contribution >= 4 is 23.4 Å². The number of halogens is 1. The summed E-state index contributed by atoms with van der Waals surface area (Å²) in [6.45, 7) is 3.43. The van der Waals surface area contributed by atoms with Crippen molar-refractivity contribution in [2.45, 2.75) is 25.8 Å². The second kappa shape index (κ2) is 6.67. The highest BCUT2D eigenvalue weighted by Crippen LogP contribution is 2.22. The minimum atomic E-state index is 0.543. The SMILES string of the molecule is CC(Cc1ccc(Cl)cc1)NCC1CCSC1. The van der Waals surface area contributed by atoms with Crippen LogP contribution in [0.1, 0.15) is 18.9 Å². The number of hydrogen-bond acceptors (Lipinski definition) is 2. The van der Waals surface area contributed by atoms with Crippen LogP contribution in [0.2, 0.25) is 5.02 Å². The molecule has 3 heteroatoms. The summed E-state index contributed by atoms with van der Waals surface area (Å²) in [5.74, 6) is 3.56. The Labute approximate surface area is 113 Å². The summed E-state index contributed by atoms with van der Waals surface area (Å²) in [6, 6.07) is 8.72. The lowest BCUT2D eigenvalue weighted by Crippen LogP contribution is -2.32. The van der Waals surface area contributed by atoms with Gasteiger partial charge in [-0.2, -0.15) is 11.8 Å². The highest BCUT2D eigenvalue weighted by atomic mass is 35.5. The molecule has 1 heterocycles. The van der Waals surface area contributed by atoms with E-state index in [1.165, 1.54) is 30.0 Å². The number of hydrogen-bond donors (Lipinski definition) is 1. The van der Waals surface area contributed by atoms with Crippen LogP contribution in [0.3, 0.4) is 0 Å². The first kappa shape index (κ1) is 13.3. The van der Waals surface area contributed by atoms with E-state index in [9.17, 15) is 0 Å². The summed E-state index contributed by atoms with van der Waals surface area (Å²) in [7, 11) is 0. The van der Waals surface area contributed by atoms with E-state index in [-0.39, 0.29) is 0 Å². The maximum atomic E-state index is 5.88. The molecule has 0 amide bonds. The zero-order valence-electron chi connectivity index (χ0n) is 10.3. The van der Waals surface area contributed by atoms with Gasteiger partial charge in [-0.3, -0.25) is 0 Å². The molecule has 0 radical (unpaired) electrons. The van der Waals surface area contributed by atoms with Gasteiger partial charge in [0.2, 0.25) is 0 Å². The zero-order chi connectivity index (χ0) is 12.1. The van der Waals surface area contributed by atoms with Crippen LogP contribution < -0.4 is 5.32 Å². The van der Waals surface area contributed by atoms with Gasteiger partial charge in [0, 0.05) is 11.1 Å². The highest BCUT2D eigenvalue weighted by Gasteiger charge is 2.15. The summed E-state index contributed by atoms with van der Waals surface area (Å²) >= 11 is 7.96. The van der Waals surface area contributed by atoms with Crippen molar-refractivity contribution in [3.05, 3.63) is 34.9 Å². The summed E-state index contributed by atoms with van der Waals surface area (Å²) in [5.41, 5.74) is 1.36. The molecule has 0 saturated carbocycles. The molecule has 1 nitrogen and oxygen atoms in total. The van der Waals surface area contributed by atoms with Gasteiger partial charge in [0.1, 0.15) is 0 Å². The van der Waals surface area contributed by atoms with Crippen molar-refractivity contribution in [3.8, 4) is 0 Å².